The van der Waals surface area contributed by atoms with Crippen molar-refractivity contribution in [3.8, 4) is 0 Å². The van der Waals surface area contributed by atoms with Gasteiger partial charge in [0.25, 0.3) is 25.7 Å². The molecule has 0 radical (unpaired) electrons. The average molecular weight is 448 g/mol. The van der Waals surface area contributed by atoms with Crippen molar-refractivity contribution in [2.45, 2.75) is 4.90 Å². The Labute approximate surface area is 164 Å². The number of anilines is 1. The topological polar surface area (TPSA) is 169 Å². The minimum Gasteiger partial charge on any atom is -0.399 e. The second-order valence-corrected chi connectivity index (χ2v) is 9.19. The van der Waals surface area contributed by atoms with E-state index in [2.05, 4.69) is 4.98 Å². The molecule has 0 aliphatic carbocycles. The van der Waals surface area contributed by atoms with Crippen LogP contribution in [0.5, 0.6) is 0 Å². The first kappa shape index (κ1) is 21.6. The Morgan fingerprint density at radius 1 is 1.07 bits per heavy atom. The third kappa shape index (κ3) is 4.98. The summed E-state index contributed by atoms with van der Waals surface area (Å²) < 4.78 is 51.2. The Hall–Kier alpha value is -2.67. The van der Waals surface area contributed by atoms with Crippen LogP contribution in [-0.4, -0.2) is 36.6 Å². The van der Waals surface area contributed by atoms with E-state index in [-0.39, 0.29) is 25.5 Å². The Bertz CT molecular complexity index is 1370. The maximum atomic E-state index is 12.6. The number of nitrogen functional groups attached to an aromatic ring is 1. The summed E-state index contributed by atoms with van der Waals surface area (Å²) in [6, 6.07) is 9.49. The van der Waals surface area contributed by atoms with Crippen molar-refractivity contribution in [2.24, 2.45) is 0 Å². The number of hydrogen-bond acceptors (Lipinski definition) is 7. The summed E-state index contributed by atoms with van der Waals surface area (Å²) in [7, 11) is -8.04. The summed E-state index contributed by atoms with van der Waals surface area (Å²) >= 11 is 5.80. The summed E-state index contributed by atoms with van der Waals surface area (Å²) in [6.07, 6.45) is 0.715. The number of H-pyrrole nitrogens is 1. The zero-order valence-electron chi connectivity index (χ0n) is 14.2. The normalized spacial score (nSPS) is 11.7. The first-order valence-electron chi connectivity index (χ1n) is 7.29. The maximum absolute atomic E-state index is 12.6. The molecule has 3 rings (SSSR count). The third-order valence-corrected chi connectivity index (χ3v) is 5.12. The van der Waals surface area contributed by atoms with Crippen LogP contribution < -0.4 is 17.0 Å². The van der Waals surface area contributed by atoms with Crippen molar-refractivity contribution in [3.05, 3.63) is 68.3 Å². The Balaban J connectivity index is 0.000000500. The number of nitrogens with two attached hydrogens (primary N) is 1. The number of aromatic amines is 1. The van der Waals surface area contributed by atoms with E-state index >= 15 is 0 Å². The van der Waals surface area contributed by atoms with Crippen LogP contribution >= 0.6 is 11.6 Å². The number of nitrogens with one attached hydrogen (secondary N) is 1. The number of nitrogens with zero attached hydrogens (tertiary/aromatic N) is 1. The minimum absolute atomic E-state index is 0.0291. The van der Waals surface area contributed by atoms with Crippen LogP contribution in [0.4, 0.5) is 5.69 Å². The average Bonchev–Trinajstić information content (AvgIpc) is 2.52. The molecule has 0 bridgehead atoms. The molecule has 2 aromatic carbocycles. The highest BCUT2D eigenvalue weighted by molar-refractivity contribution is 7.90. The number of hydrogen-bond donors (Lipinski definition) is 3. The highest BCUT2D eigenvalue weighted by Gasteiger charge is 2.23. The molecule has 4 N–H and O–H groups in total. The van der Waals surface area contributed by atoms with Crippen molar-refractivity contribution in [2.75, 3.05) is 12.0 Å². The lowest BCUT2D eigenvalue weighted by atomic mass is 10.2. The predicted molar refractivity (Wildman–Crippen MR) is 105 cm³/mol. The molecule has 0 fully saturated rings. The van der Waals surface area contributed by atoms with Crippen LogP contribution in [0.15, 0.2) is 56.9 Å². The monoisotopic (exact) mass is 447 g/mol. The zero-order valence-corrected chi connectivity index (χ0v) is 16.5. The predicted octanol–water partition coefficient (Wildman–Crippen LogP) is 0.666. The van der Waals surface area contributed by atoms with Gasteiger partial charge in [-0.05, 0) is 36.4 Å². The first-order chi connectivity index (χ1) is 12.8. The van der Waals surface area contributed by atoms with E-state index in [0.29, 0.717) is 11.3 Å². The molecule has 0 aliphatic rings. The molecule has 10 nitrogen and oxygen atoms in total. The number of fused-ring (bicyclic) bond motifs is 1. The van der Waals surface area contributed by atoms with E-state index in [1.807, 2.05) is 0 Å². The molecule has 0 atom stereocenters. The molecule has 1 aromatic heterocycles. The number of aromatic nitrogens is 2. The third-order valence-electron chi connectivity index (χ3n) is 3.22. The van der Waals surface area contributed by atoms with Gasteiger partial charge in [0.2, 0.25) is 0 Å². The van der Waals surface area contributed by atoms with Gasteiger partial charge in [-0.15, -0.1) is 3.97 Å². The number of benzene rings is 2. The Morgan fingerprint density at radius 3 is 2.25 bits per heavy atom. The molecule has 0 saturated carbocycles. The van der Waals surface area contributed by atoms with Gasteiger partial charge in [-0.2, -0.15) is 8.42 Å². The molecule has 28 heavy (non-hydrogen) atoms. The lowest BCUT2D eigenvalue weighted by molar-refractivity contribution is 0.490. The zero-order chi connectivity index (χ0) is 21.3. The van der Waals surface area contributed by atoms with Gasteiger partial charge in [0.15, 0.2) is 0 Å². The van der Waals surface area contributed by atoms with E-state index in [1.165, 1.54) is 42.5 Å². The molecule has 0 aliphatic heterocycles. The van der Waals surface area contributed by atoms with Gasteiger partial charge in [0, 0.05) is 10.7 Å². The smallest absolute Gasteiger partial charge is 0.343 e. The summed E-state index contributed by atoms with van der Waals surface area (Å²) in [5, 5.41) is 0.338. The van der Waals surface area contributed by atoms with Crippen molar-refractivity contribution < 1.29 is 21.4 Å². The van der Waals surface area contributed by atoms with Gasteiger partial charge in [0.05, 0.1) is 22.1 Å². The van der Waals surface area contributed by atoms with Crippen molar-refractivity contribution in [1.29, 1.82) is 0 Å². The fraction of sp³-hybridized carbons (Fsp3) is 0.0667. The SMILES string of the molecule is CS(=O)(=O)O.Nc1cccc(S(=O)(=O)n2c(=O)[nH]c3cc(Cl)ccc3c2=O)c1. The standard InChI is InChI=1S/C14H10ClN3O4S.CH4O3S/c15-8-4-5-11-12(6-8)17-14(20)18(13(11)19)23(21,22)10-3-1-2-9(16)7-10;1-5(2,3)4/h1-7H,16H2,(H,17,20);1H3,(H,2,3,4). The van der Waals surface area contributed by atoms with Crippen LogP contribution in [0.1, 0.15) is 0 Å². The highest BCUT2D eigenvalue weighted by atomic mass is 35.5. The lowest BCUT2D eigenvalue weighted by Crippen LogP contribution is -2.40. The van der Waals surface area contributed by atoms with Gasteiger partial charge >= 0.3 is 5.69 Å². The lowest BCUT2D eigenvalue weighted by Gasteiger charge is -2.08. The van der Waals surface area contributed by atoms with Crippen molar-refractivity contribution >= 4 is 48.3 Å². The van der Waals surface area contributed by atoms with E-state index in [4.69, 9.17) is 21.9 Å². The fourth-order valence-corrected chi connectivity index (χ4v) is 3.67. The van der Waals surface area contributed by atoms with Crippen LogP contribution in [0.2, 0.25) is 5.02 Å². The quantitative estimate of drug-likeness (QED) is 0.380. The van der Waals surface area contributed by atoms with E-state index in [1.54, 1.807) is 0 Å². The van der Waals surface area contributed by atoms with Gasteiger partial charge in [0.1, 0.15) is 0 Å². The molecule has 0 spiro atoms. The van der Waals surface area contributed by atoms with E-state index in [9.17, 15) is 26.4 Å². The van der Waals surface area contributed by atoms with Crippen LogP contribution in [-0.2, 0) is 20.1 Å². The first-order valence-corrected chi connectivity index (χ1v) is 11.0. The van der Waals surface area contributed by atoms with E-state index in [0.717, 1.165) is 0 Å². The molecule has 0 saturated heterocycles. The Kier molecular flexibility index (Phi) is 5.99. The molecular weight excluding hydrogens is 434 g/mol. The largest absolute Gasteiger partial charge is 0.399 e. The summed E-state index contributed by atoms with van der Waals surface area (Å²) in [6.45, 7) is 0. The van der Waals surface area contributed by atoms with Gasteiger partial charge in [-0.1, -0.05) is 17.7 Å². The van der Waals surface area contributed by atoms with Crippen molar-refractivity contribution in [3.63, 3.8) is 0 Å². The molecule has 1 heterocycles. The van der Waals surface area contributed by atoms with E-state index < -0.39 is 31.4 Å². The molecule has 13 heteroatoms. The van der Waals surface area contributed by atoms with Crippen molar-refractivity contribution in [1.82, 2.24) is 8.96 Å². The highest BCUT2D eigenvalue weighted by Crippen LogP contribution is 2.16. The Morgan fingerprint density at radius 2 is 1.68 bits per heavy atom. The van der Waals surface area contributed by atoms with Crippen LogP contribution in [0.3, 0.4) is 0 Å². The number of halogens is 1. The minimum atomic E-state index is -4.38. The van der Waals surface area contributed by atoms with Gasteiger partial charge in [-0.25, -0.2) is 13.2 Å². The molecule has 3 aromatic rings. The molecule has 0 unspecified atom stereocenters. The number of rotatable bonds is 2. The van der Waals surface area contributed by atoms with Gasteiger partial charge < -0.3 is 10.7 Å². The van der Waals surface area contributed by atoms with Gasteiger partial charge in [-0.3, -0.25) is 9.35 Å². The summed E-state index contributed by atoms with van der Waals surface area (Å²) in [5.74, 6) is 0. The molecular formula is C15H14ClN3O7S2. The maximum Gasteiger partial charge on any atom is 0.343 e. The molecule has 0 amide bonds. The fourth-order valence-electron chi connectivity index (χ4n) is 2.17. The second-order valence-electron chi connectivity index (χ2n) is 5.50. The summed E-state index contributed by atoms with van der Waals surface area (Å²) in [5.41, 5.74) is 3.89. The molecule has 150 valence electrons. The van der Waals surface area contributed by atoms with Crippen LogP contribution in [0.25, 0.3) is 10.9 Å². The second kappa shape index (κ2) is 7.75. The van der Waals surface area contributed by atoms with Crippen LogP contribution in [0, 0.1) is 0 Å². The summed E-state index contributed by atoms with van der Waals surface area (Å²) in [4.78, 5) is 26.7.